The molecule has 0 unspecified atom stereocenters. The average molecular weight is 339 g/mol. The van der Waals surface area contributed by atoms with Crippen molar-refractivity contribution in [2.75, 3.05) is 10.6 Å². The number of hydrogen-bond donors (Lipinski definition) is 3. The summed E-state index contributed by atoms with van der Waals surface area (Å²) in [6.07, 6.45) is 4.92. The molecule has 0 bridgehead atoms. The first kappa shape index (κ1) is 16.8. The number of anilines is 2. The quantitative estimate of drug-likeness (QED) is 0.774. The molecule has 0 heterocycles. The molecule has 2 aromatic carbocycles. The Kier molecular flexibility index (Phi) is 5.18. The van der Waals surface area contributed by atoms with Crippen LogP contribution in [0.5, 0.6) is 5.75 Å². The molecule has 3 rings (SSSR count). The van der Waals surface area contributed by atoms with Crippen molar-refractivity contribution in [2.45, 2.75) is 31.8 Å². The van der Waals surface area contributed by atoms with Crippen LogP contribution in [-0.2, 0) is 0 Å². The molecule has 0 atom stereocenters. The summed E-state index contributed by atoms with van der Waals surface area (Å²) in [6.45, 7) is 0. The Hall–Kier alpha value is -3.02. The van der Waals surface area contributed by atoms with Gasteiger partial charge in [0.05, 0.1) is 6.10 Å². The molecular weight excluding hydrogens is 318 g/mol. The molecule has 25 heavy (non-hydrogen) atoms. The topological polar surface area (TPSA) is 93.5 Å². The maximum atomic E-state index is 12.3. The summed E-state index contributed by atoms with van der Waals surface area (Å²) < 4.78 is 5.90. The minimum Gasteiger partial charge on any atom is -0.490 e. The van der Waals surface area contributed by atoms with Crippen LogP contribution in [0.25, 0.3) is 0 Å². The van der Waals surface area contributed by atoms with Crippen LogP contribution in [0.15, 0.2) is 48.5 Å². The van der Waals surface area contributed by atoms with Gasteiger partial charge in [-0.05, 0) is 68.1 Å². The van der Waals surface area contributed by atoms with Crippen molar-refractivity contribution < 1.29 is 14.3 Å². The third-order valence-corrected chi connectivity index (χ3v) is 4.11. The normalized spacial score (nSPS) is 14.1. The fraction of sp³-hybridized carbons (Fsp3) is 0.263. The van der Waals surface area contributed by atoms with Crippen LogP contribution in [0.1, 0.15) is 36.0 Å². The summed E-state index contributed by atoms with van der Waals surface area (Å²) in [5, 5.41) is 5.26. The van der Waals surface area contributed by atoms with Gasteiger partial charge < -0.3 is 21.1 Å². The monoisotopic (exact) mass is 339 g/mol. The third-order valence-electron chi connectivity index (χ3n) is 4.11. The summed E-state index contributed by atoms with van der Waals surface area (Å²) in [6, 6.07) is 13.3. The van der Waals surface area contributed by atoms with E-state index in [4.69, 9.17) is 10.5 Å². The van der Waals surface area contributed by atoms with Gasteiger partial charge in [0.25, 0.3) is 5.91 Å². The number of rotatable bonds is 5. The lowest BCUT2D eigenvalue weighted by Gasteiger charge is -2.13. The maximum absolute atomic E-state index is 12.3. The van der Waals surface area contributed by atoms with E-state index in [-0.39, 0.29) is 5.91 Å². The van der Waals surface area contributed by atoms with Crippen LogP contribution in [0, 0.1) is 0 Å². The van der Waals surface area contributed by atoms with Crippen molar-refractivity contribution in [2.24, 2.45) is 5.73 Å². The lowest BCUT2D eigenvalue weighted by atomic mass is 10.2. The van der Waals surface area contributed by atoms with Crippen molar-refractivity contribution in [1.29, 1.82) is 0 Å². The summed E-state index contributed by atoms with van der Waals surface area (Å²) >= 11 is 0. The highest BCUT2D eigenvalue weighted by Crippen LogP contribution is 2.24. The van der Waals surface area contributed by atoms with Crippen LogP contribution >= 0.6 is 0 Å². The number of primary amides is 1. The molecule has 3 amide bonds. The van der Waals surface area contributed by atoms with Gasteiger partial charge in [-0.2, -0.15) is 0 Å². The van der Waals surface area contributed by atoms with Gasteiger partial charge in [-0.25, -0.2) is 4.79 Å². The zero-order chi connectivity index (χ0) is 17.6. The highest BCUT2D eigenvalue weighted by atomic mass is 16.5. The Morgan fingerprint density at radius 3 is 2.24 bits per heavy atom. The fourth-order valence-corrected chi connectivity index (χ4v) is 2.90. The number of nitrogens with one attached hydrogen (secondary N) is 2. The van der Waals surface area contributed by atoms with Crippen LogP contribution in [0.3, 0.4) is 0 Å². The first-order valence-electron chi connectivity index (χ1n) is 8.35. The van der Waals surface area contributed by atoms with Crippen LogP contribution < -0.4 is 21.1 Å². The number of benzene rings is 2. The van der Waals surface area contributed by atoms with Gasteiger partial charge in [-0.1, -0.05) is 6.07 Å². The Bertz CT molecular complexity index is 753. The molecule has 1 aliphatic rings. The van der Waals surface area contributed by atoms with Gasteiger partial charge in [-0.3, -0.25) is 4.79 Å². The highest BCUT2D eigenvalue weighted by molar-refractivity contribution is 6.04. The Labute approximate surface area is 146 Å². The highest BCUT2D eigenvalue weighted by Gasteiger charge is 2.16. The second kappa shape index (κ2) is 7.70. The van der Waals surface area contributed by atoms with Crippen molar-refractivity contribution in [3.63, 3.8) is 0 Å². The smallest absolute Gasteiger partial charge is 0.316 e. The number of amides is 3. The predicted molar refractivity (Wildman–Crippen MR) is 96.9 cm³/mol. The van der Waals surface area contributed by atoms with E-state index < -0.39 is 6.03 Å². The molecule has 6 nitrogen and oxygen atoms in total. The lowest BCUT2D eigenvalue weighted by Crippen LogP contribution is -2.19. The van der Waals surface area contributed by atoms with Gasteiger partial charge in [0, 0.05) is 16.9 Å². The molecule has 1 fully saturated rings. The molecule has 0 radical (unpaired) electrons. The molecule has 0 saturated heterocycles. The van der Waals surface area contributed by atoms with E-state index in [1.165, 1.54) is 12.8 Å². The lowest BCUT2D eigenvalue weighted by molar-refractivity contribution is 0.102. The summed E-state index contributed by atoms with van der Waals surface area (Å²) in [5.41, 5.74) is 6.72. The summed E-state index contributed by atoms with van der Waals surface area (Å²) in [4.78, 5) is 23.2. The number of ether oxygens (including phenoxy) is 1. The second-order valence-electron chi connectivity index (χ2n) is 6.07. The molecule has 0 aromatic heterocycles. The van der Waals surface area contributed by atoms with Gasteiger partial charge in [0.15, 0.2) is 0 Å². The number of carbonyl (C=O) groups excluding carboxylic acids is 2. The van der Waals surface area contributed by atoms with E-state index in [1.54, 1.807) is 36.4 Å². The minimum absolute atomic E-state index is 0.233. The molecule has 4 N–H and O–H groups in total. The van der Waals surface area contributed by atoms with E-state index in [1.807, 2.05) is 12.1 Å². The largest absolute Gasteiger partial charge is 0.490 e. The summed E-state index contributed by atoms with van der Waals surface area (Å²) in [7, 11) is 0. The van der Waals surface area contributed by atoms with Gasteiger partial charge in [0.2, 0.25) is 0 Å². The van der Waals surface area contributed by atoms with Gasteiger partial charge in [-0.15, -0.1) is 0 Å². The van der Waals surface area contributed by atoms with Crippen molar-refractivity contribution in [3.05, 3.63) is 54.1 Å². The minimum atomic E-state index is -0.652. The van der Waals surface area contributed by atoms with E-state index in [2.05, 4.69) is 10.6 Å². The molecule has 0 aliphatic heterocycles. The number of hydrogen-bond acceptors (Lipinski definition) is 3. The Morgan fingerprint density at radius 2 is 1.60 bits per heavy atom. The maximum Gasteiger partial charge on any atom is 0.316 e. The SMILES string of the molecule is NC(=O)Nc1cccc(NC(=O)c2ccc(OC3CCCC3)cc2)c1. The first-order valence-corrected chi connectivity index (χ1v) is 8.35. The van der Waals surface area contributed by atoms with E-state index in [9.17, 15) is 9.59 Å². The summed E-state index contributed by atoms with van der Waals surface area (Å²) in [5.74, 6) is 0.555. The number of urea groups is 1. The molecule has 1 saturated carbocycles. The predicted octanol–water partition coefficient (Wildman–Crippen LogP) is 3.75. The average Bonchev–Trinajstić information content (AvgIpc) is 3.08. The first-order chi connectivity index (χ1) is 12.1. The van der Waals surface area contributed by atoms with E-state index in [0.29, 0.717) is 23.0 Å². The molecule has 1 aliphatic carbocycles. The van der Waals surface area contributed by atoms with E-state index >= 15 is 0 Å². The van der Waals surface area contributed by atoms with Crippen molar-refractivity contribution >= 4 is 23.3 Å². The molecule has 2 aromatic rings. The number of carbonyl (C=O) groups is 2. The van der Waals surface area contributed by atoms with Gasteiger partial charge in [0.1, 0.15) is 5.75 Å². The van der Waals surface area contributed by atoms with Crippen LogP contribution in [0.2, 0.25) is 0 Å². The van der Waals surface area contributed by atoms with Crippen LogP contribution in [-0.4, -0.2) is 18.0 Å². The van der Waals surface area contributed by atoms with Crippen LogP contribution in [0.4, 0.5) is 16.2 Å². The standard InChI is InChI=1S/C19H21N3O3/c20-19(24)22-15-5-3-4-14(12-15)21-18(23)13-8-10-17(11-9-13)25-16-6-1-2-7-16/h3-5,8-12,16H,1-2,6-7H2,(H,21,23)(H3,20,22,24). The van der Waals surface area contributed by atoms with Crippen molar-refractivity contribution in [1.82, 2.24) is 0 Å². The molecule has 0 spiro atoms. The Balaban J connectivity index is 1.61. The third kappa shape index (κ3) is 4.73. The fourth-order valence-electron chi connectivity index (χ4n) is 2.90. The van der Waals surface area contributed by atoms with Gasteiger partial charge >= 0.3 is 6.03 Å². The van der Waals surface area contributed by atoms with E-state index in [0.717, 1.165) is 18.6 Å². The molecule has 130 valence electrons. The van der Waals surface area contributed by atoms with Crippen molar-refractivity contribution in [3.8, 4) is 5.75 Å². The Morgan fingerprint density at radius 1 is 0.960 bits per heavy atom. The molecular formula is C19H21N3O3. The second-order valence-corrected chi connectivity index (χ2v) is 6.07. The number of nitrogens with two attached hydrogens (primary N) is 1. The molecule has 6 heteroatoms. The zero-order valence-electron chi connectivity index (χ0n) is 13.8. The zero-order valence-corrected chi connectivity index (χ0v) is 13.8.